The van der Waals surface area contributed by atoms with E-state index < -0.39 is 9.84 Å². The number of hydrogen-bond acceptors (Lipinski definition) is 6. The van der Waals surface area contributed by atoms with Crippen molar-refractivity contribution in [1.29, 1.82) is 0 Å². The highest BCUT2D eigenvalue weighted by atomic mass is 35.5. The second-order valence-electron chi connectivity index (χ2n) is 6.33. The van der Waals surface area contributed by atoms with Crippen LogP contribution in [0.3, 0.4) is 0 Å². The van der Waals surface area contributed by atoms with E-state index in [1.54, 1.807) is 19.9 Å². The molecule has 0 aliphatic carbocycles. The van der Waals surface area contributed by atoms with Gasteiger partial charge in [0.25, 0.3) is 0 Å². The molecule has 0 heterocycles. The van der Waals surface area contributed by atoms with Crippen molar-refractivity contribution in [2.24, 2.45) is 0 Å². The molecule has 8 heteroatoms. The maximum absolute atomic E-state index is 12.5. The molecule has 0 bridgehead atoms. The fraction of sp³-hybridized carbons (Fsp3) is 0.300. The minimum atomic E-state index is -3.52. The molecule has 0 amide bonds. The molecule has 0 aliphatic rings. The first-order valence-electron chi connectivity index (χ1n) is 8.41. The van der Waals surface area contributed by atoms with E-state index in [2.05, 4.69) is 0 Å². The van der Waals surface area contributed by atoms with Crippen LogP contribution in [-0.2, 0) is 16.3 Å². The Hall–Kier alpha value is -2.38. The largest absolute Gasteiger partial charge is 0.504 e. The van der Waals surface area contributed by atoms with Crippen LogP contribution in [0.15, 0.2) is 40.8 Å². The summed E-state index contributed by atoms with van der Waals surface area (Å²) < 4.78 is 35.3. The van der Waals surface area contributed by atoms with Gasteiger partial charge >= 0.3 is 0 Å². The molecule has 28 heavy (non-hydrogen) atoms. The van der Waals surface area contributed by atoms with Gasteiger partial charge in [-0.1, -0.05) is 23.3 Å². The fourth-order valence-electron chi connectivity index (χ4n) is 2.83. The van der Waals surface area contributed by atoms with Crippen molar-refractivity contribution < 1.29 is 28.1 Å². The number of sulfone groups is 1. The molecule has 2 rings (SSSR count). The molecule has 0 saturated carbocycles. The van der Waals surface area contributed by atoms with Crippen LogP contribution in [-0.4, -0.2) is 38.6 Å². The molecule has 2 aromatic rings. The topological polar surface area (TPSA) is 93.1 Å². The molecule has 0 aliphatic heterocycles. The lowest BCUT2D eigenvalue weighted by Crippen LogP contribution is -2.08. The van der Waals surface area contributed by atoms with Gasteiger partial charge in [0.2, 0.25) is 11.5 Å². The molecule has 0 aromatic heterocycles. The highest BCUT2D eigenvalue weighted by molar-refractivity contribution is 7.91. The van der Waals surface area contributed by atoms with Crippen molar-refractivity contribution in [3.05, 3.63) is 52.1 Å². The van der Waals surface area contributed by atoms with E-state index in [9.17, 15) is 18.6 Å². The minimum absolute atomic E-state index is 0.0282. The van der Waals surface area contributed by atoms with Crippen LogP contribution >= 0.6 is 11.6 Å². The first-order valence-corrected chi connectivity index (χ1v) is 10.4. The standard InChI is InChI=1S/C20H23ClO6S/c1-12(11-28(24,25)15-8-6-14(21)7-9-15)5-10-16-13(2)17(22)19(26-3)20(27-4)18(16)23/h5-9,22-23H,10-11H2,1-4H3/b12-5+. The summed E-state index contributed by atoms with van der Waals surface area (Å²) in [6.45, 7) is 3.33. The summed E-state index contributed by atoms with van der Waals surface area (Å²) in [6.07, 6.45) is 1.91. The molecule has 0 radical (unpaired) electrons. The van der Waals surface area contributed by atoms with Gasteiger partial charge in [0.1, 0.15) is 0 Å². The Kier molecular flexibility index (Phi) is 6.85. The SMILES string of the molecule is COc1c(O)c(C)c(C/C=C(\C)CS(=O)(=O)c2ccc(Cl)cc2)c(O)c1OC. The average molecular weight is 427 g/mol. The maximum atomic E-state index is 12.5. The Morgan fingerprint density at radius 3 is 2.14 bits per heavy atom. The summed E-state index contributed by atoms with van der Waals surface area (Å²) in [6, 6.07) is 5.99. The fourth-order valence-corrected chi connectivity index (χ4v) is 4.39. The number of hydrogen-bond donors (Lipinski definition) is 2. The number of allylic oxidation sites excluding steroid dienone is 1. The third-order valence-corrected chi connectivity index (χ3v) is 6.46. The number of ether oxygens (including phenoxy) is 2. The number of rotatable bonds is 7. The lowest BCUT2D eigenvalue weighted by molar-refractivity contribution is 0.314. The van der Waals surface area contributed by atoms with Gasteiger partial charge in [-0.25, -0.2) is 8.42 Å². The number of aromatic hydroxyl groups is 2. The predicted octanol–water partition coefficient (Wildman–Crippen LogP) is 4.04. The van der Waals surface area contributed by atoms with Gasteiger partial charge in [0.05, 0.1) is 24.9 Å². The van der Waals surface area contributed by atoms with Gasteiger partial charge in [-0.2, -0.15) is 0 Å². The van der Waals surface area contributed by atoms with Gasteiger partial charge < -0.3 is 19.7 Å². The van der Waals surface area contributed by atoms with Gasteiger partial charge in [-0.3, -0.25) is 0 Å². The third kappa shape index (κ3) is 4.54. The van der Waals surface area contributed by atoms with Gasteiger partial charge in [-0.05, 0) is 44.5 Å². The van der Waals surface area contributed by atoms with Crippen LogP contribution < -0.4 is 9.47 Å². The van der Waals surface area contributed by atoms with Crippen molar-refractivity contribution >= 4 is 21.4 Å². The average Bonchev–Trinajstić information content (AvgIpc) is 2.64. The van der Waals surface area contributed by atoms with Gasteiger partial charge in [0, 0.05) is 16.1 Å². The lowest BCUT2D eigenvalue weighted by atomic mass is 10.0. The number of phenolic OH excluding ortho intramolecular Hbond substituents is 2. The second kappa shape index (κ2) is 8.75. The number of halogens is 1. The van der Waals surface area contributed by atoms with Crippen LogP contribution in [0.1, 0.15) is 18.1 Å². The van der Waals surface area contributed by atoms with Crippen molar-refractivity contribution in [1.82, 2.24) is 0 Å². The van der Waals surface area contributed by atoms with Gasteiger partial charge in [0.15, 0.2) is 21.3 Å². The molecule has 0 spiro atoms. The van der Waals surface area contributed by atoms with E-state index in [1.165, 1.54) is 38.5 Å². The Bertz CT molecular complexity index is 995. The van der Waals surface area contributed by atoms with E-state index in [4.69, 9.17) is 21.1 Å². The van der Waals surface area contributed by atoms with Crippen LogP contribution in [0.2, 0.25) is 5.02 Å². The maximum Gasteiger partial charge on any atom is 0.207 e. The van der Waals surface area contributed by atoms with Crippen LogP contribution in [0, 0.1) is 6.92 Å². The molecule has 2 N–H and O–H groups in total. The van der Waals surface area contributed by atoms with Crippen molar-refractivity contribution in [3.63, 3.8) is 0 Å². The highest BCUT2D eigenvalue weighted by Gasteiger charge is 2.23. The number of benzene rings is 2. The van der Waals surface area contributed by atoms with E-state index in [1.807, 2.05) is 0 Å². The molecule has 0 unspecified atom stereocenters. The zero-order valence-corrected chi connectivity index (χ0v) is 17.7. The van der Waals surface area contributed by atoms with Crippen LogP contribution in [0.5, 0.6) is 23.0 Å². The lowest BCUT2D eigenvalue weighted by Gasteiger charge is -2.17. The summed E-state index contributed by atoms with van der Waals surface area (Å²) in [5.41, 5.74) is 1.46. The van der Waals surface area contributed by atoms with Crippen LogP contribution in [0.25, 0.3) is 0 Å². The Morgan fingerprint density at radius 2 is 1.61 bits per heavy atom. The monoisotopic (exact) mass is 426 g/mol. The quantitative estimate of drug-likeness (QED) is 0.512. The summed E-state index contributed by atoms with van der Waals surface area (Å²) >= 11 is 5.80. The number of methoxy groups -OCH3 is 2. The van der Waals surface area contributed by atoms with E-state index in [0.717, 1.165) is 0 Å². The summed E-state index contributed by atoms with van der Waals surface area (Å²) in [5.74, 6) is -0.382. The van der Waals surface area contributed by atoms with E-state index >= 15 is 0 Å². The molecule has 0 saturated heterocycles. The van der Waals surface area contributed by atoms with E-state index in [-0.39, 0.29) is 40.1 Å². The second-order valence-corrected chi connectivity index (χ2v) is 8.76. The zero-order valence-electron chi connectivity index (χ0n) is 16.1. The summed E-state index contributed by atoms with van der Waals surface area (Å²) in [7, 11) is -0.796. The molecule has 0 atom stereocenters. The Morgan fingerprint density at radius 1 is 1.07 bits per heavy atom. The summed E-state index contributed by atoms with van der Waals surface area (Å²) in [5, 5.41) is 21.2. The van der Waals surface area contributed by atoms with Crippen LogP contribution in [0.4, 0.5) is 0 Å². The van der Waals surface area contributed by atoms with Crippen molar-refractivity contribution in [2.45, 2.75) is 25.2 Å². The molecule has 152 valence electrons. The molecule has 0 fully saturated rings. The molecule has 6 nitrogen and oxygen atoms in total. The highest BCUT2D eigenvalue weighted by Crippen LogP contribution is 2.48. The molecular weight excluding hydrogens is 404 g/mol. The third-order valence-electron chi connectivity index (χ3n) is 4.38. The summed E-state index contributed by atoms with van der Waals surface area (Å²) in [4.78, 5) is 0.187. The molecule has 2 aromatic carbocycles. The first kappa shape index (κ1) is 21.9. The van der Waals surface area contributed by atoms with Gasteiger partial charge in [-0.15, -0.1) is 0 Å². The normalized spacial score (nSPS) is 12.1. The smallest absolute Gasteiger partial charge is 0.207 e. The zero-order chi connectivity index (χ0) is 21.1. The minimum Gasteiger partial charge on any atom is -0.504 e. The van der Waals surface area contributed by atoms with Crippen molar-refractivity contribution in [3.8, 4) is 23.0 Å². The Balaban J connectivity index is 2.30. The first-order chi connectivity index (χ1) is 13.1. The van der Waals surface area contributed by atoms with E-state index in [0.29, 0.717) is 21.7 Å². The molecular formula is C20H23ClO6S. The predicted molar refractivity (Wildman–Crippen MR) is 109 cm³/mol. The Labute approximate surface area is 169 Å². The number of phenols is 2. The van der Waals surface area contributed by atoms with Crippen molar-refractivity contribution in [2.75, 3.05) is 20.0 Å².